The highest BCUT2D eigenvalue weighted by molar-refractivity contribution is 6.00. The van der Waals surface area contributed by atoms with Gasteiger partial charge in [-0.1, -0.05) is 12.1 Å². The second-order valence-corrected chi connectivity index (χ2v) is 5.80. The molecule has 0 atom stereocenters. The Hall–Kier alpha value is -2.60. The molecular formula is C19H23NO5. The Labute approximate surface area is 147 Å². The average molecular weight is 345 g/mol. The fraction of sp³-hybridized carbons (Fsp3) is 0.368. The Morgan fingerprint density at radius 2 is 1.88 bits per heavy atom. The highest BCUT2D eigenvalue weighted by Crippen LogP contribution is 2.19. The lowest BCUT2D eigenvalue weighted by atomic mass is 10.1. The predicted octanol–water partition coefficient (Wildman–Crippen LogP) is 2.89. The number of hydrogen-bond donors (Lipinski definition) is 1. The van der Waals surface area contributed by atoms with Gasteiger partial charge in [0.25, 0.3) is 0 Å². The highest BCUT2D eigenvalue weighted by atomic mass is 16.5. The van der Waals surface area contributed by atoms with Gasteiger partial charge in [0.2, 0.25) is 5.78 Å². The number of hydrogen-bond acceptors (Lipinski definition) is 5. The van der Waals surface area contributed by atoms with E-state index in [1.807, 2.05) is 13.8 Å². The molecule has 0 aliphatic rings. The lowest BCUT2D eigenvalue weighted by Crippen LogP contribution is -2.15. The maximum atomic E-state index is 12.4. The third-order valence-corrected chi connectivity index (χ3v) is 4.06. The number of rotatable bonds is 8. The monoisotopic (exact) mass is 345 g/mol. The maximum Gasteiger partial charge on any atom is 0.342 e. The minimum absolute atomic E-state index is 0.0420. The van der Waals surface area contributed by atoms with Crippen molar-refractivity contribution in [2.75, 3.05) is 20.3 Å². The lowest BCUT2D eigenvalue weighted by molar-refractivity contribution is 0.0471. The molecule has 0 aliphatic heterocycles. The lowest BCUT2D eigenvalue weighted by Gasteiger charge is -2.09. The van der Waals surface area contributed by atoms with Gasteiger partial charge < -0.3 is 19.1 Å². The third-order valence-electron chi connectivity index (χ3n) is 4.06. The van der Waals surface area contributed by atoms with Crippen molar-refractivity contribution < 1.29 is 24.2 Å². The van der Waals surface area contributed by atoms with Crippen molar-refractivity contribution in [3.63, 3.8) is 0 Å². The van der Waals surface area contributed by atoms with Crippen LogP contribution in [0.1, 0.15) is 38.5 Å². The molecule has 2 aromatic rings. The number of benzene rings is 1. The van der Waals surface area contributed by atoms with Crippen LogP contribution >= 0.6 is 0 Å². The number of phenols is 1. The van der Waals surface area contributed by atoms with Crippen molar-refractivity contribution in [1.82, 2.24) is 4.57 Å². The summed E-state index contributed by atoms with van der Waals surface area (Å²) in [6.07, 6.45) is 0.850. The van der Waals surface area contributed by atoms with E-state index in [0.717, 1.165) is 24.4 Å². The van der Waals surface area contributed by atoms with Crippen LogP contribution in [-0.4, -0.2) is 41.7 Å². The molecule has 0 unspecified atom stereocenters. The summed E-state index contributed by atoms with van der Waals surface area (Å²) in [4.78, 5) is 24.4. The van der Waals surface area contributed by atoms with Gasteiger partial charge in [0.05, 0.1) is 0 Å². The van der Waals surface area contributed by atoms with Crippen molar-refractivity contribution in [2.24, 2.45) is 0 Å². The Balaban J connectivity index is 2.02. The molecule has 134 valence electrons. The van der Waals surface area contributed by atoms with Gasteiger partial charge in [-0.25, -0.2) is 4.79 Å². The molecule has 0 radical (unpaired) electrons. The van der Waals surface area contributed by atoms with Gasteiger partial charge in [0.1, 0.15) is 11.3 Å². The van der Waals surface area contributed by atoms with Crippen LogP contribution in [-0.2, 0) is 16.0 Å². The number of aryl methyl sites for hydroxylation is 1. The van der Waals surface area contributed by atoms with Crippen molar-refractivity contribution >= 4 is 11.8 Å². The molecule has 0 saturated carbocycles. The molecule has 1 aromatic carbocycles. The van der Waals surface area contributed by atoms with Gasteiger partial charge in [-0.2, -0.15) is 0 Å². The van der Waals surface area contributed by atoms with E-state index in [1.54, 1.807) is 25.3 Å². The molecule has 0 aliphatic carbocycles. The zero-order valence-corrected chi connectivity index (χ0v) is 14.7. The van der Waals surface area contributed by atoms with Crippen LogP contribution in [0.25, 0.3) is 0 Å². The summed E-state index contributed by atoms with van der Waals surface area (Å²) in [5, 5.41) is 9.65. The summed E-state index contributed by atoms with van der Waals surface area (Å²) in [6, 6.07) is 7.87. The first-order valence-corrected chi connectivity index (χ1v) is 8.09. The molecule has 6 heteroatoms. The van der Waals surface area contributed by atoms with Crippen LogP contribution in [0, 0.1) is 13.8 Å². The van der Waals surface area contributed by atoms with E-state index in [9.17, 15) is 14.7 Å². The molecule has 0 saturated heterocycles. The summed E-state index contributed by atoms with van der Waals surface area (Å²) in [5.74, 6) is -1.16. The van der Waals surface area contributed by atoms with Crippen LogP contribution in [0.5, 0.6) is 5.75 Å². The molecule has 2 rings (SSSR count). The normalized spacial score (nSPS) is 10.7. The van der Waals surface area contributed by atoms with E-state index in [4.69, 9.17) is 9.47 Å². The van der Waals surface area contributed by atoms with Gasteiger partial charge in [0, 0.05) is 37.2 Å². The molecule has 1 N–H and O–H groups in total. The fourth-order valence-electron chi connectivity index (χ4n) is 2.73. The molecule has 0 fully saturated rings. The van der Waals surface area contributed by atoms with Gasteiger partial charge in [-0.15, -0.1) is 0 Å². The number of aromatic nitrogens is 1. The number of aromatic hydroxyl groups is 1. The first kappa shape index (κ1) is 18.7. The second kappa shape index (κ2) is 8.48. The summed E-state index contributed by atoms with van der Waals surface area (Å²) < 4.78 is 12.2. The van der Waals surface area contributed by atoms with E-state index in [1.165, 1.54) is 12.1 Å². The van der Waals surface area contributed by atoms with Crippen molar-refractivity contribution in [3.05, 3.63) is 52.8 Å². The minimum Gasteiger partial charge on any atom is -0.507 e. The van der Waals surface area contributed by atoms with Gasteiger partial charge >= 0.3 is 5.97 Å². The SMILES string of the molecule is COCCCn1c(C)cc(C(=O)COC(=O)c2ccccc2O)c1C. The van der Waals surface area contributed by atoms with Crippen molar-refractivity contribution in [3.8, 4) is 5.75 Å². The molecule has 6 nitrogen and oxygen atoms in total. The van der Waals surface area contributed by atoms with Crippen molar-refractivity contribution in [1.29, 1.82) is 0 Å². The first-order chi connectivity index (χ1) is 12.0. The van der Waals surface area contributed by atoms with Crippen LogP contribution in [0.3, 0.4) is 0 Å². The number of methoxy groups -OCH3 is 1. The number of esters is 1. The number of Topliss-reactive ketones (excluding diaryl/α,β-unsaturated/α-hetero) is 1. The molecular weight excluding hydrogens is 322 g/mol. The minimum atomic E-state index is -0.722. The zero-order valence-electron chi connectivity index (χ0n) is 14.7. The maximum absolute atomic E-state index is 12.4. The van der Waals surface area contributed by atoms with Gasteiger partial charge in [-0.05, 0) is 38.5 Å². The second-order valence-electron chi connectivity index (χ2n) is 5.80. The Bertz CT molecular complexity index is 763. The number of carbonyl (C=O) groups is 2. The molecule has 25 heavy (non-hydrogen) atoms. The number of carbonyl (C=O) groups excluding carboxylic acids is 2. The number of nitrogens with zero attached hydrogens (tertiary/aromatic N) is 1. The highest BCUT2D eigenvalue weighted by Gasteiger charge is 2.18. The quantitative estimate of drug-likeness (QED) is 0.452. The van der Waals surface area contributed by atoms with Crippen LogP contribution < -0.4 is 0 Å². The van der Waals surface area contributed by atoms with E-state index in [0.29, 0.717) is 12.2 Å². The van der Waals surface area contributed by atoms with E-state index >= 15 is 0 Å². The number of phenolic OH excluding ortho intramolecular Hbond substituents is 1. The number of para-hydroxylation sites is 1. The van der Waals surface area contributed by atoms with E-state index in [-0.39, 0.29) is 23.7 Å². The Kier molecular flexibility index (Phi) is 6.36. The summed E-state index contributed by atoms with van der Waals surface area (Å²) >= 11 is 0. The van der Waals surface area contributed by atoms with Crippen LogP contribution in [0.2, 0.25) is 0 Å². The smallest absolute Gasteiger partial charge is 0.342 e. The summed E-state index contributed by atoms with van der Waals surface area (Å²) in [6.45, 7) is 4.85. The standard InChI is InChI=1S/C19H23NO5/c1-13-11-16(14(2)20(13)9-6-10-24-3)18(22)12-25-19(23)15-7-4-5-8-17(15)21/h4-5,7-8,11,21H,6,9-10,12H2,1-3H3. The topological polar surface area (TPSA) is 77.8 Å². The predicted molar refractivity (Wildman–Crippen MR) is 93.1 cm³/mol. The Morgan fingerprint density at radius 3 is 2.56 bits per heavy atom. The van der Waals surface area contributed by atoms with E-state index in [2.05, 4.69) is 4.57 Å². The van der Waals surface area contributed by atoms with E-state index < -0.39 is 5.97 Å². The largest absolute Gasteiger partial charge is 0.507 e. The number of ketones is 1. The number of ether oxygens (including phenoxy) is 2. The average Bonchev–Trinajstić information content (AvgIpc) is 2.88. The zero-order chi connectivity index (χ0) is 18.4. The van der Waals surface area contributed by atoms with Crippen LogP contribution in [0.15, 0.2) is 30.3 Å². The third kappa shape index (κ3) is 4.48. The molecule has 0 amide bonds. The molecule has 1 aromatic heterocycles. The van der Waals surface area contributed by atoms with Crippen molar-refractivity contribution in [2.45, 2.75) is 26.8 Å². The van der Waals surface area contributed by atoms with Crippen LogP contribution in [0.4, 0.5) is 0 Å². The van der Waals surface area contributed by atoms with Gasteiger partial charge in [0.15, 0.2) is 6.61 Å². The fourth-order valence-corrected chi connectivity index (χ4v) is 2.73. The first-order valence-electron chi connectivity index (χ1n) is 8.09. The summed E-state index contributed by atoms with van der Waals surface area (Å²) in [7, 11) is 1.66. The summed E-state index contributed by atoms with van der Waals surface area (Å²) in [5.41, 5.74) is 2.40. The molecule has 0 spiro atoms. The molecule has 1 heterocycles. The molecule has 0 bridgehead atoms. The van der Waals surface area contributed by atoms with Gasteiger partial charge in [-0.3, -0.25) is 4.79 Å². The Morgan fingerprint density at radius 1 is 1.16 bits per heavy atom.